The molecule has 3 heteroatoms. The Morgan fingerprint density at radius 2 is 1.09 bits per heavy atom. The van der Waals surface area contributed by atoms with Crippen molar-refractivity contribution in [1.82, 2.24) is 4.90 Å². The minimum atomic E-state index is 0.839. The van der Waals surface area contributed by atoms with Crippen LogP contribution in [-0.2, 0) is 19.6 Å². The molecule has 3 nitrogen and oxygen atoms in total. The second-order valence-corrected chi connectivity index (χ2v) is 14.5. The van der Waals surface area contributed by atoms with Crippen molar-refractivity contribution >= 4 is 0 Å². The minimum absolute atomic E-state index is 0.839. The van der Waals surface area contributed by atoms with Gasteiger partial charge in [-0.2, -0.15) is 0 Å². The standard InChI is InChI=1S/C44H77N2O/c1-5-8-10-12-14-16-18-19-20-21-22-24-26-28-34-46(39-42-31-30-35-45(7-3)38-42)40-43-32-33-44(37-41(43)4)47-36-29-27-25-23-17-15-13-11-9-6-2/h30-33,35,37-38H,5-29,34,36,39-40H2,1-4H3/q+1. The predicted octanol–water partition coefficient (Wildman–Crippen LogP) is 13.1. The molecule has 0 atom stereocenters. The Morgan fingerprint density at radius 1 is 0.574 bits per heavy atom. The highest BCUT2D eigenvalue weighted by molar-refractivity contribution is 5.34. The van der Waals surface area contributed by atoms with Crippen molar-refractivity contribution in [2.75, 3.05) is 13.2 Å². The predicted molar refractivity (Wildman–Crippen MR) is 205 cm³/mol. The summed E-state index contributed by atoms with van der Waals surface area (Å²) in [5.74, 6) is 1.03. The normalized spacial score (nSPS) is 11.5. The minimum Gasteiger partial charge on any atom is -0.494 e. The molecule has 0 radical (unpaired) electrons. The molecule has 0 saturated carbocycles. The number of benzene rings is 1. The zero-order valence-corrected chi connectivity index (χ0v) is 31.9. The quantitative estimate of drug-likeness (QED) is 0.0579. The molecule has 0 N–H and O–H groups in total. The Labute approximate surface area is 293 Å². The number of hydrogen-bond acceptors (Lipinski definition) is 2. The van der Waals surface area contributed by atoms with Gasteiger partial charge in [0, 0.05) is 24.7 Å². The Kier molecular flexibility index (Phi) is 25.6. The highest BCUT2D eigenvalue weighted by Gasteiger charge is 2.12. The first kappa shape index (κ1) is 41.3. The van der Waals surface area contributed by atoms with Gasteiger partial charge in [0.05, 0.1) is 6.61 Å². The summed E-state index contributed by atoms with van der Waals surface area (Å²) in [6, 6.07) is 11.3. The van der Waals surface area contributed by atoms with Crippen molar-refractivity contribution in [1.29, 1.82) is 0 Å². The SMILES string of the molecule is CCCCCCCCCCCCCCCCN(Cc1ccc[n+](CC)c1)Cc1ccc(OCCCCCCCCCCCC)cc1C. The topological polar surface area (TPSA) is 16.4 Å². The van der Waals surface area contributed by atoms with E-state index in [0.717, 1.165) is 38.5 Å². The van der Waals surface area contributed by atoms with Gasteiger partial charge in [0.2, 0.25) is 0 Å². The highest BCUT2D eigenvalue weighted by Crippen LogP contribution is 2.21. The molecule has 1 aromatic heterocycles. The van der Waals surface area contributed by atoms with E-state index in [0.29, 0.717) is 0 Å². The average Bonchev–Trinajstić information content (AvgIpc) is 3.08. The van der Waals surface area contributed by atoms with Crippen LogP contribution in [0.5, 0.6) is 5.75 Å². The van der Waals surface area contributed by atoms with E-state index in [1.165, 1.54) is 171 Å². The van der Waals surface area contributed by atoms with Gasteiger partial charge in [-0.1, -0.05) is 161 Å². The summed E-state index contributed by atoms with van der Waals surface area (Å²) in [6.45, 7) is 14.1. The molecule has 2 aromatic rings. The molecule has 0 aliphatic rings. The van der Waals surface area contributed by atoms with Crippen LogP contribution in [-0.4, -0.2) is 18.1 Å². The van der Waals surface area contributed by atoms with E-state index in [1.54, 1.807) is 0 Å². The number of aryl methyl sites for hydroxylation is 2. The summed E-state index contributed by atoms with van der Waals surface area (Å²) in [6.07, 6.45) is 37.9. The fraction of sp³-hybridized carbons (Fsp3) is 0.750. The molecule has 0 aliphatic carbocycles. The molecular weight excluding hydrogens is 572 g/mol. The number of ether oxygens (including phenoxy) is 1. The van der Waals surface area contributed by atoms with Gasteiger partial charge >= 0.3 is 0 Å². The summed E-state index contributed by atoms with van der Waals surface area (Å²) < 4.78 is 8.48. The maximum absolute atomic E-state index is 6.18. The van der Waals surface area contributed by atoms with Gasteiger partial charge in [-0.25, -0.2) is 4.57 Å². The molecule has 0 amide bonds. The van der Waals surface area contributed by atoms with Crippen molar-refractivity contribution in [3.8, 4) is 5.75 Å². The monoisotopic (exact) mass is 650 g/mol. The van der Waals surface area contributed by atoms with Crippen LogP contribution in [0.25, 0.3) is 0 Å². The molecule has 0 spiro atoms. The lowest BCUT2D eigenvalue weighted by atomic mass is 10.0. The zero-order chi connectivity index (χ0) is 33.6. The fourth-order valence-corrected chi connectivity index (χ4v) is 6.82. The van der Waals surface area contributed by atoms with Crippen LogP contribution in [0, 0.1) is 6.92 Å². The van der Waals surface area contributed by atoms with E-state index >= 15 is 0 Å². The number of pyridine rings is 1. The lowest BCUT2D eigenvalue weighted by Crippen LogP contribution is -2.33. The van der Waals surface area contributed by atoms with Crippen LogP contribution < -0.4 is 9.30 Å². The third-order valence-electron chi connectivity index (χ3n) is 9.99. The van der Waals surface area contributed by atoms with E-state index in [9.17, 15) is 0 Å². The summed E-state index contributed by atoms with van der Waals surface area (Å²) in [5.41, 5.74) is 4.20. The highest BCUT2D eigenvalue weighted by atomic mass is 16.5. The summed E-state index contributed by atoms with van der Waals surface area (Å²) in [4.78, 5) is 2.67. The maximum Gasteiger partial charge on any atom is 0.173 e. The molecular formula is C44H77N2O+. The van der Waals surface area contributed by atoms with Gasteiger partial charge in [-0.15, -0.1) is 0 Å². The Bertz CT molecular complexity index is 989. The first-order chi connectivity index (χ1) is 23.2. The number of unbranched alkanes of at least 4 members (excludes halogenated alkanes) is 22. The van der Waals surface area contributed by atoms with E-state index in [2.05, 4.69) is 79.9 Å². The second-order valence-electron chi connectivity index (χ2n) is 14.5. The van der Waals surface area contributed by atoms with E-state index in [1.807, 2.05) is 0 Å². The van der Waals surface area contributed by atoms with E-state index in [-0.39, 0.29) is 0 Å². The molecule has 0 unspecified atom stereocenters. The molecule has 268 valence electrons. The van der Waals surface area contributed by atoms with Gasteiger partial charge in [-0.05, 0) is 62.6 Å². The van der Waals surface area contributed by atoms with Crippen LogP contribution in [0.4, 0.5) is 0 Å². The molecule has 1 aromatic carbocycles. The van der Waals surface area contributed by atoms with E-state index in [4.69, 9.17) is 4.74 Å². The largest absolute Gasteiger partial charge is 0.494 e. The molecule has 0 aliphatic heterocycles. The van der Waals surface area contributed by atoms with Crippen LogP contribution in [0.1, 0.15) is 192 Å². The third kappa shape index (κ3) is 21.7. The lowest BCUT2D eigenvalue weighted by Gasteiger charge is -2.23. The van der Waals surface area contributed by atoms with Crippen LogP contribution >= 0.6 is 0 Å². The van der Waals surface area contributed by atoms with Crippen molar-refractivity contribution in [2.24, 2.45) is 0 Å². The number of hydrogen-bond donors (Lipinski definition) is 0. The van der Waals surface area contributed by atoms with Gasteiger partial charge in [0.25, 0.3) is 0 Å². The Hall–Kier alpha value is -1.87. The number of rotatable bonds is 32. The summed E-state index contributed by atoms with van der Waals surface area (Å²) in [7, 11) is 0. The molecule has 2 rings (SSSR count). The summed E-state index contributed by atoms with van der Waals surface area (Å²) >= 11 is 0. The van der Waals surface area contributed by atoms with Crippen molar-refractivity contribution in [2.45, 2.75) is 201 Å². The fourth-order valence-electron chi connectivity index (χ4n) is 6.82. The Morgan fingerprint density at radius 3 is 1.60 bits per heavy atom. The second kappa shape index (κ2) is 29.1. The maximum atomic E-state index is 6.18. The van der Waals surface area contributed by atoms with Gasteiger partial charge in [-0.3, -0.25) is 4.90 Å². The van der Waals surface area contributed by atoms with Crippen molar-refractivity contribution in [3.05, 3.63) is 59.4 Å². The average molecular weight is 650 g/mol. The van der Waals surface area contributed by atoms with E-state index < -0.39 is 0 Å². The Balaban J connectivity index is 1.70. The first-order valence-electron chi connectivity index (χ1n) is 20.6. The smallest absolute Gasteiger partial charge is 0.173 e. The zero-order valence-electron chi connectivity index (χ0n) is 31.9. The van der Waals surface area contributed by atoms with Crippen LogP contribution in [0.2, 0.25) is 0 Å². The van der Waals surface area contributed by atoms with Gasteiger partial charge in [0.15, 0.2) is 12.4 Å². The van der Waals surface area contributed by atoms with Crippen LogP contribution in [0.3, 0.4) is 0 Å². The van der Waals surface area contributed by atoms with Gasteiger partial charge in [0.1, 0.15) is 12.3 Å². The van der Waals surface area contributed by atoms with Gasteiger partial charge < -0.3 is 4.74 Å². The van der Waals surface area contributed by atoms with Crippen molar-refractivity contribution < 1.29 is 9.30 Å². The molecule has 0 saturated heterocycles. The van der Waals surface area contributed by atoms with Crippen molar-refractivity contribution in [3.63, 3.8) is 0 Å². The molecule has 0 bridgehead atoms. The van der Waals surface area contributed by atoms with Crippen LogP contribution in [0.15, 0.2) is 42.7 Å². The molecule has 47 heavy (non-hydrogen) atoms. The lowest BCUT2D eigenvalue weighted by molar-refractivity contribution is -0.694. The molecule has 0 fully saturated rings. The molecule has 1 heterocycles. The first-order valence-corrected chi connectivity index (χ1v) is 20.6. The number of aromatic nitrogens is 1. The number of nitrogens with zero attached hydrogens (tertiary/aromatic N) is 2. The third-order valence-corrected chi connectivity index (χ3v) is 9.99. The summed E-state index contributed by atoms with van der Waals surface area (Å²) in [5, 5.41) is 0.